The molecule has 6 heteroatoms. The molecule has 1 aromatic heterocycles. The van der Waals surface area contributed by atoms with Gasteiger partial charge in [-0.3, -0.25) is 5.10 Å². The Labute approximate surface area is 137 Å². The number of nitrogens with zero attached hydrogens (tertiary/aromatic N) is 1. The number of nitrogens with one attached hydrogen (secondary N) is 2. The number of H-pyrrole nitrogens is 1. The summed E-state index contributed by atoms with van der Waals surface area (Å²) < 4.78 is 38.0. The van der Waals surface area contributed by atoms with E-state index in [4.69, 9.17) is 0 Å². The number of aromatic amines is 1. The summed E-state index contributed by atoms with van der Waals surface area (Å²) in [5.41, 5.74) is 3.74. The van der Waals surface area contributed by atoms with Crippen molar-refractivity contribution in [1.82, 2.24) is 10.2 Å². The second kappa shape index (κ2) is 6.39. The number of hydrogen-bond acceptors (Lipinski definition) is 2. The molecule has 0 aliphatic carbocycles. The first kappa shape index (κ1) is 16.1. The lowest BCUT2D eigenvalue weighted by Gasteiger charge is -2.10. The molecule has 1 heterocycles. The molecule has 0 atom stereocenters. The molecule has 0 radical (unpaired) electrons. The van der Waals surface area contributed by atoms with Crippen LogP contribution in [-0.2, 0) is 12.7 Å². The van der Waals surface area contributed by atoms with Gasteiger partial charge in [-0.15, -0.1) is 0 Å². The topological polar surface area (TPSA) is 40.7 Å². The maximum Gasteiger partial charge on any atom is 0.416 e. The average molecular weight is 331 g/mol. The second-order valence-electron chi connectivity index (χ2n) is 5.51. The standard InChI is InChI=1S/C18H16F3N3/c1-12-4-2-3-5-16(12)22-10-14-11-23-24-17(14)13-6-8-15(9-7-13)18(19,20)21/h2-9,11,22H,10H2,1H3,(H,23,24). The smallest absolute Gasteiger partial charge is 0.381 e. The number of anilines is 1. The van der Waals surface area contributed by atoms with E-state index in [2.05, 4.69) is 15.5 Å². The van der Waals surface area contributed by atoms with Crippen molar-refractivity contribution in [3.05, 3.63) is 71.4 Å². The van der Waals surface area contributed by atoms with Crippen LogP contribution < -0.4 is 5.32 Å². The molecule has 0 amide bonds. The zero-order valence-electron chi connectivity index (χ0n) is 13.0. The van der Waals surface area contributed by atoms with Crippen LogP contribution >= 0.6 is 0 Å². The van der Waals surface area contributed by atoms with E-state index in [0.29, 0.717) is 17.8 Å². The summed E-state index contributed by atoms with van der Waals surface area (Å²) in [4.78, 5) is 0. The highest BCUT2D eigenvalue weighted by Crippen LogP contribution is 2.31. The molecule has 0 saturated carbocycles. The minimum atomic E-state index is -4.33. The van der Waals surface area contributed by atoms with Crippen LogP contribution in [0.2, 0.25) is 0 Å². The van der Waals surface area contributed by atoms with E-state index in [9.17, 15) is 13.2 Å². The normalized spacial score (nSPS) is 11.5. The Hall–Kier alpha value is -2.76. The summed E-state index contributed by atoms with van der Waals surface area (Å²) >= 11 is 0. The molecule has 3 aromatic rings. The van der Waals surface area contributed by atoms with Crippen molar-refractivity contribution in [1.29, 1.82) is 0 Å². The third-order valence-corrected chi connectivity index (χ3v) is 3.83. The minimum absolute atomic E-state index is 0.526. The summed E-state index contributed by atoms with van der Waals surface area (Å²) in [6.07, 6.45) is -2.65. The molecule has 0 aliphatic rings. The maximum atomic E-state index is 12.7. The van der Waals surface area contributed by atoms with Gasteiger partial charge in [-0.25, -0.2) is 0 Å². The molecular formula is C18H16F3N3. The molecular weight excluding hydrogens is 315 g/mol. The van der Waals surface area contributed by atoms with Crippen LogP contribution in [0.3, 0.4) is 0 Å². The first-order valence-corrected chi connectivity index (χ1v) is 7.44. The van der Waals surface area contributed by atoms with E-state index >= 15 is 0 Å². The summed E-state index contributed by atoms with van der Waals surface area (Å²) in [5.74, 6) is 0. The van der Waals surface area contributed by atoms with Crippen LogP contribution in [0.25, 0.3) is 11.3 Å². The predicted molar refractivity (Wildman–Crippen MR) is 87.5 cm³/mol. The van der Waals surface area contributed by atoms with Gasteiger partial charge < -0.3 is 5.32 Å². The Morgan fingerprint density at radius 2 is 1.75 bits per heavy atom. The van der Waals surface area contributed by atoms with Gasteiger partial charge in [0, 0.05) is 17.8 Å². The quantitative estimate of drug-likeness (QED) is 0.705. The number of hydrogen-bond donors (Lipinski definition) is 2. The first-order chi connectivity index (χ1) is 11.4. The molecule has 0 aliphatic heterocycles. The van der Waals surface area contributed by atoms with Crippen molar-refractivity contribution in [3.63, 3.8) is 0 Å². The number of alkyl halides is 3. The van der Waals surface area contributed by atoms with Gasteiger partial charge >= 0.3 is 6.18 Å². The van der Waals surface area contributed by atoms with Crippen LogP contribution in [0.15, 0.2) is 54.7 Å². The van der Waals surface area contributed by atoms with Gasteiger partial charge in [0.15, 0.2) is 0 Å². The largest absolute Gasteiger partial charge is 0.416 e. The van der Waals surface area contributed by atoms with Gasteiger partial charge in [0.2, 0.25) is 0 Å². The second-order valence-corrected chi connectivity index (χ2v) is 5.51. The van der Waals surface area contributed by atoms with Crippen LogP contribution in [-0.4, -0.2) is 10.2 Å². The van der Waals surface area contributed by atoms with Gasteiger partial charge in [0.05, 0.1) is 17.5 Å². The van der Waals surface area contributed by atoms with E-state index < -0.39 is 11.7 Å². The van der Waals surface area contributed by atoms with Crippen LogP contribution in [0.5, 0.6) is 0 Å². The fraction of sp³-hybridized carbons (Fsp3) is 0.167. The van der Waals surface area contributed by atoms with Crippen molar-refractivity contribution >= 4 is 5.69 Å². The molecule has 0 fully saturated rings. The zero-order chi connectivity index (χ0) is 17.2. The van der Waals surface area contributed by atoms with Crippen LogP contribution in [0.1, 0.15) is 16.7 Å². The predicted octanol–water partition coefficient (Wildman–Crippen LogP) is 5.02. The van der Waals surface area contributed by atoms with E-state index in [1.165, 1.54) is 12.1 Å². The molecule has 0 unspecified atom stereocenters. The van der Waals surface area contributed by atoms with Gasteiger partial charge in [-0.2, -0.15) is 18.3 Å². The molecule has 124 valence electrons. The van der Waals surface area contributed by atoms with E-state index in [0.717, 1.165) is 28.9 Å². The van der Waals surface area contributed by atoms with Crippen LogP contribution in [0, 0.1) is 6.92 Å². The molecule has 2 aromatic carbocycles. The van der Waals surface area contributed by atoms with Crippen molar-refractivity contribution in [2.45, 2.75) is 19.6 Å². The van der Waals surface area contributed by atoms with Crippen molar-refractivity contribution < 1.29 is 13.2 Å². The Balaban J connectivity index is 1.79. The lowest BCUT2D eigenvalue weighted by atomic mass is 10.1. The van der Waals surface area contributed by atoms with Gasteiger partial charge in [-0.1, -0.05) is 30.3 Å². The lowest BCUT2D eigenvalue weighted by Crippen LogP contribution is -2.04. The molecule has 24 heavy (non-hydrogen) atoms. The molecule has 0 bridgehead atoms. The molecule has 3 nitrogen and oxygen atoms in total. The van der Waals surface area contributed by atoms with Crippen LogP contribution in [0.4, 0.5) is 18.9 Å². The minimum Gasteiger partial charge on any atom is -0.381 e. The number of benzene rings is 2. The zero-order valence-corrected chi connectivity index (χ0v) is 13.0. The summed E-state index contributed by atoms with van der Waals surface area (Å²) in [6.45, 7) is 2.53. The van der Waals surface area contributed by atoms with Crippen molar-refractivity contribution in [2.24, 2.45) is 0 Å². The van der Waals surface area contributed by atoms with Crippen molar-refractivity contribution in [2.75, 3.05) is 5.32 Å². The molecule has 0 saturated heterocycles. The first-order valence-electron chi connectivity index (χ1n) is 7.44. The monoisotopic (exact) mass is 331 g/mol. The highest BCUT2D eigenvalue weighted by molar-refractivity contribution is 5.64. The molecule has 0 spiro atoms. The van der Waals surface area contributed by atoms with E-state index in [1.54, 1.807) is 6.20 Å². The summed E-state index contributed by atoms with van der Waals surface area (Å²) in [5, 5.41) is 10.2. The summed E-state index contributed by atoms with van der Waals surface area (Å²) in [6, 6.07) is 13.0. The average Bonchev–Trinajstić information content (AvgIpc) is 3.02. The van der Waals surface area contributed by atoms with E-state index in [1.807, 2.05) is 31.2 Å². The Morgan fingerprint density at radius 1 is 1.04 bits per heavy atom. The maximum absolute atomic E-state index is 12.7. The fourth-order valence-corrected chi connectivity index (χ4v) is 2.48. The van der Waals surface area contributed by atoms with Gasteiger partial charge in [0.25, 0.3) is 0 Å². The molecule has 2 N–H and O–H groups in total. The summed E-state index contributed by atoms with van der Waals surface area (Å²) in [7, 11) is 0. The van der Waals surface area contributed by atoms with Crippen molar-refractivity contribution in [3.8, 4) is 11.3 Å². The Morgan fingerprint density at radius 3 is 2.42 bits per heavy atom. The lowest BCUT2D eigenvalue weighted by molar-refractivity contribution is -0.137. The van der Waals surface area contributed by atoms with E-state index in [-0.39, 0.29) is 0 Å². The number of para-hydroxylation sites is 1. The number of halogens is 3. The highest BCUT2D eigenvalue weighted by atomic mass is 19.4. The van der Waals surface area contributed by atoms with Gasteiger partial charge in [0.1, 0.15) is 0 Å². The van der Waals surface area contributed by atoms with Gasteiger partial charge in [-0.05, 0) is 36.2 Å². The SMILES string of the molecule is Cc1ccccc1NCc1cn[nH]c1-c1ccc(C(F)(F)F)cc1. The fourth-order valence-electron chi connectivity index (χ4n) is 2.48. The Kier molecular flexibility index (Phi) is 4.29. The third-order valence-electron chi connectivity index (χ3n) is 3.83. The third kappa shape index (κ3) is 3.42. The number of rotatable bonds is 4. The molecule has 3 rings (SSSR count). The highest BCUT2D eigenvalue weighted by Gasteiger charge is 2.30. The number of aryl methyl sites for hydroxylation is 1. The number of aromatic nitrogens is 2. The Bertz CT molecular complexity index is 820.